The Morgan fingerprint density at radius 1 is 0.935 bits per heavy atom. The summed E-state index contributed by atoms with van der Waals surface area (Å²) in [7, 11) is -3.54. The van der Waals surface area contributed by atoms with Gasteiger partial charge < -0.3 is 15.1 Å². The van der Waals surface area contributed by atoms with E-state index in [0.29, 0.717) is 36.9 Å². The van der Waals surface area contributed by atoms with Gasteiger partial charge in [0.1, 0.15) is 4.21 Å². The average Bonchev–Trinajstić information content (AvgIpc) is 3.29. The zero-order valence-corrected chi connectivity index (χ0v) is 19.3. The van der Waals surface area contributed by atoms with E-state index in [-0.39, 0.29) is 5.91 Å². The summed E-state index contributed by atoms with van der Waals surface area (Å²) >= 11 is 1.20. The quantitative estimate of drug-likeness (QED) is 0.694. The maximum Gasteiger partial charge on any atom is 0.252 e. The standard InChI is InChI=1S/C20H28N6O3S2/c1-16(27)21-15-17-5-8-20(30-17)31(28,29)26-13-11-25(12-14-26)19-7-6-18(22-23-19)24-9-3-2-4-10-24/h5-8H,2-4,9-15H2,1H3,(H,21,27). The zero-order valence-electron chi connectivity index (χ0n) is 17.7. The van der Waals surface area contributed by atoms with Crippen LogP contribution in [0, 0.1) is 0 Å². The van der Waals surface area contributed by atoms with Crippen LogP contribution < -0.4 is 15.1 Å². The van der Waals surface area contributed by atoms with Crippen LogP contribution in [0.25, 0.3) is 0 Å². The number of piperazine rings is 1. The molecule has 9 nitrogen and oxygen atoms in total. The van der Waals surface area contributed by atoms with Gasteiger partial charge in [0.2, 0.25) is 5.91 Å². The number of thiophene rings is 1. The molecule has 0 radical (unpaired) electrons. The molecule has 0 aromatic carbocycles. The van der Waals surface area contributed by atoms with Crippen LogP contribution in [0.3, 0.4) is 0 Å². The molecule has 2 aromatic heterocycles. The van der Waals surface area contributed by atoms with E-state index >= 15 is 0 Å². The molecular weight excluding hydrogens is 436 g/mol. The highest BCUT2D eigenvalue weighted by molar-refractivity contribution is 7.91. The third-order valence-corrected chi connectivity index (χ3v) is 9.07. The molecule has 1 N–H and O–H groups in total. The van der Waals surface area contributed by atoms with Crippen molar-refractivity contribution in [1.29, 1.82) is 0 Å². The van der Waals surface area contributed by atoms with Crippen LogP contribution in [-0.4, -0.2) is 68.1 Å². The molecule has 0 saturated carbocycles. The number of hydrogen-bond acceptors (Lipinski definition) is 8. The van der Waals surface area contributed by atoms with Crippen molar-refractivity contribution < 1.29 is 13.2 Å². The van der Waals surface area contributed by atoms with Crippen molar-refractivity contribution in [2.45, 2.75) is 36.9 Å². The molecular formula is C20H28N6O3S2. The number of carbonyl (C=O) groups is 1. The zero-order chi connectivity index (χ0) is 21.8. The third kappa shape index (κ3) is 5.16. The fourth-order valence-corrected chi connectivity index (χ4v) is 6.74. The van der Waals surface area contributed by atoms with Crippen molar-refractivity contribution in [2.75, 3.05) is 49.1 Å². The number of amides is 1. The number of nitrogens with one attached hydrogen (secondary N) is 1. The lowest BCUT2D eigenvalue weighted by molar-refractivity contribution is -0.119. The molecule has 2 aromatic rings. The second-order valence-corrected chi connectivity index (χ2v) is 11.2. The van der Waals surface area contributed by atoms with Gasteiger partial charge in [-0.2, -0.15) is 4.31 Å². The topological polar surface area (TPSA) is 98.7 Å². The number of carbonyl (C=O) groups excluding carboxylic acids is 1. The SMILES string of the molecule is CC(=O)NCc1ccc(S(=O)(=O)N2CCN(c3ccc(N4CCCCC4)nn3)CC2)s1. The summed E-state index contributed by atoms with van der Waals surface area (Å²) in [5.74, 6) is 1.56. The van der Waals surface area contributed by atoms with Gasteiger partial charge in [-0.15, -0.1) is 21.5 Å². The van der Waals surface area contributed by atoms with Gasteiger partial charge in [0.25, 0.3) is 10.0 Å². The molecule has 168 valence electrons. The Morgan fingerprint density at radius 2 is 1.55 bits per heavy atom. The number of rotatable bonds is 6. The van der Waals surface area contributed by atoms with Crippen molar-refractivity contribution in [3.8, 4) is 0 Å². The smallest absolute Gasteiger partial charge is 0.252 e. The highest BCUT2D eigenvalue weighted by Crippen LogP contribution is 2.27. The van der Waals surface area contributed by atoms with Gasteiger partial charge in [-0.1, -0.05) is 0 Å². The van der Waals surface area contributed by atoms with E-state index < -0.39 is 10.0 Å². The number of sulfonamides is 1. The number of anilines is 2. The summed E-state index contributed by atoms with van der Waals surface area (Å²) in [6.45, 7) is 5.78. The van der Waals surface area contributed by atoms with Gasteiger partial charge >= 0.3 is 0 Å². The Labute approximate surface area is 187 Å². The van der Waals surface area contributed by atoms with Gasteiger partial charge in [-0.05, 0) is 43.5 Å². The molecule has 0 unspecified atom stereocenters. The minimum Gasteiger partial charge on any atom is -0.355 e. The second kappa shape index (κ2) is 9.49. The third-order valence-electron chi connectivity index (χ3n) is 5.62. The van der Waals surface area contributed by atoms with Crippen molar-refractivity contribution >= 4 is 38.9 Å². The van der Waals surface area contributed by atoms with E-state index in [1.54, 1.807) is 12.1 Å². The van der Waals surface area contributed by atoms with Crippen molar-refractivity contribution in [3.63, 3.8) is 0 Å². The van der Waals surface area contributed by atoms with Crippen molar-refractivity contribution in [1.82, 2.24) is 19.8 Å². The monoisotopic (exact) mass is 464 g/mol. The molecule has 1 amide bonds. The maximum atomic E-state index is 13.0. The van der Waals surface area contributed by atoms with E-state index in [1.165, 1.54) is 41.8 Å². The van der Waals surface area contributed by atoms with Crippen molar-refractivity contribution in [2.24, 2.45) is 0 Å². The van der Waals surface area contributed by atoms with E-state index in [9.17, 15) is 13.2 Å². The normalized spacial score (nSPS) is 18.2. The Morgan fingerprint density at radius 3 is 2.13 bits per heavy atom. The lowest BCUT2D eigenvalue weighted by Crippen LogP contribution is -2.48. The van der Waals surface area contributed by atoms with Crippen LogP contribution in [0.2, 0.25) is 0 Å². The first kappa shape index (κ1) is 22.0. The predicted octanol–water partition coefficient (Wildman–Crippen LogP) is 1.68. The first-order valence-corrected chi connectivity index (χ1v) is 12.9. The number of aromatic nitrogens is 2. The molecule has 2 aliphatic rings. The minimum absolute atomic E-state index is 0.138. The van der Waals surface area contributed by atoms with Crippen LogP contribution >= 0.6 is 11.3 Å². The van der Waals surface area contributed by atoms with Crippen LogP contribution in [0.15, 0.2) is 28.5 Å². The Bertz CT molecular complexity index is 994. The Balaban J connectivity index is 1.35. The fraction of sp³-hybridized carbons (Fsp3) is 0.550. The van der Waals surface area contributed by atoms with Gasteiger partial charge in [-0.25, -0.2) is 8.42 Å². The number of nitrogens with zero attached hydrogens (tertiary/aromatic N) is 5. The molecule has 0 spiro atoms. The van der Waals surface area contributed by atoms with Crippen LogP contribution in [0.1, 0.15) is 31.1 Å². The molecule has 2 aliphatic heterocycles. The summed E-state index contributed by atoms with van der Waals surface area (Å²) < 4.78 is 27.8. The van der Waals surface area contributed by atoms with Gasteiger partial charge in [0.05, 0.1) is 6.54 Å². The summed E-state index contributed by atoms with van der Waals surface area (Å²) in [4.78, 5) is 16.2. The first-order chi connectivity index (χ1) is 14.9. The lowest BCUT2D eigenvalue weighted by Gasteiger charge is -2.34. The summed E-state index contributed by atoms with van der Waals surface area (Å²) in [6, 6.07) is 7.37. The van der Waals surface area contributed by atoms with Crippen LogP contribution in [-0.2, 0) is 21.4 Å². The largest absolute Gasteiger partial charge is 0.355 e. The van der Waals surface area contributed by atoms with Gasteiger partial charge in [-0.3, -0.25) is 4.79 Å². The fourth-order valence-electron chi connectivity index (χ4n) is 3.87. The number of hydrogen-bond donors (Lipinski definition) is 1. The Hall–Kier alpha value is -2.24. The maximum absolute atomic E-state index is 13.0. The summed E-state index contributed by atoms with van der Waals surface area (Å²) in [5.41, 5.74) is 0. The molecule has 0 atom stereocenters. The van der Waals surface area contributed by atoms with E-state index in [1.807, 2.05) is 12.1 Å². The van der Waals surface area contributed by atoms with Crippen LogP contribution in [0.4, 0.5) is 11.6 Å². The summed E-state index contributed by atoms with van der Waals surface area (Å²) in [5, 5.41) is 11.5. The second-order valence-electron chi connectivity index (χ2n) is 7.82. The van der Waals surface area contributed by atoms with E-state index in [0.717, 1.165) is 29.6 Å². The molecule has 4 heterocycles. The molecule has 4 rings (SSSR count). The molecule has 31 heavy (non-hydrogen) atoms. The van der Waals surface area contributed by atoms with E-state index in [2.05, 4.69) is 25.3 Å². The highest BCUT2D eigenvalue weighted by atomic mass is 32.2. The molecule has 0 aliphatic carbocycles. The van der Waals surface area contributed by atoms with Crippen molar-refractivity contribution in [3.05, 3.63) is 29.1 Å². The van der Waals surface area contributed by atoms with Gasteiger partial charge in [0, 0.05) is 51.1 Å². The average molecular weight is 465 g/mol. The Kier molecular flexibility index (Phi) is 6.73. The minimum atomic E-state index is -3.54. The van der Waals surface area contributed by atoms with E-state index in [4.69, 9.17) is 0 Å². The molecule has 2 fully saturated rings. The predicted molar refractivity (Wildman–Crippen MR) is 121 cm³/mol. The first-order valence-electron chi connectivity index (χ1n) is 10.6. The molecule has 11 heteroatoms. The van der Waals surface area contributed by atoms with Gasteiger partial charge in [0.15, 0.2) is 11.6 Å². The molecule has 2 saturated heterocycles. The van der Waals surface area contributed by atoms with Crippen LogP contribution in [0.5, 0.6) is 0 Å². The molecule has 0 bridgehead atoms. The number of piperidine rings is 1. The lowest BCUT2D eigenvalue weighted by atomic mass is 10.1. The highest BCUT2D eigenvalue weighted by Gasteiger charge is 2.30. The summed E-state index contributed by atoms with van der Waals surface area (Å²) in [6.07, 6.45) is 3.66.